The molecule has 0 unspecified atom stereocenters. The molecule has 0 spiro atoms. The number of hydrogen-bond donors (Lipinski definition) is 2. The van der Waals surface area contributed by atoms with E-state index in [0.29, 0.717) is 39.3 Å². The Balaban J connectivity index is 1.76. The van der Waals surface area contributed by atoms with Gasteiger partial charge >= 0.3 is 0 Å². The number of nitrogens with zero attached hydrogens (tertiary/aromatic N) is 3. The van der Waals surface area contributed by atoms with Gasteiger partial charge in [0.1, 0.15) is 5.69 Å². The van der Waals surface area contributed by atoms with E-state index < -0.39 is 4.92 Å². The van der Waals surface area contributed by atoms with Gasteiger partial charge in [-0.1, -0.05) is 19.4 Å². The van der Waals surface area contributed by atoms with Crippen molar-refractivity contribution in [3.8, 4) is 0 Å². The minimum absolute atomic E-state index is 0.0336. The summed E-state index contributed by atoms with van der Waals surface area (Å²) < 4.78 is 0. The molecular formula is C19H29N5O4. The summed E-state index contributed by atoms with van der Waals surface area (Å²) in [5.74, 6) is -0.246. The van der Waals surface area contributed by atoms with Crippen molar-refractivity contribution in [3.63, 3.8) is 0 Å². The molecule has 0 atom stereocenters. The quantitative estimate of drug-likeness (QED) is 0.374. The molecule has 1 heterocycles. The summed E-state index contributed by atoms with van der Waals surface area (Å²) in [4.78, 5) is 38.9. The van der Waals surface area contributed by atoms with Crippen LogP contribution in [-0.4, -0.2) is 72.4 Å². The largest absolute Gasteiger partial charge is 0.355 e. The summed E-state index contributed by atoms with van der Waals surface area (Å²) in [7, 11) is 0. The summed E-state index contributed by atoms with van der Waals surface area (Å²) in [6.45, 7) is 7.86. The molecule has 0 saturated carbocycles. The number of carbonyl (C=O) groups excluding carboxylic acids is 2. The van der Waals surface area contributed by atoms with Crippen molar-refractivity contribution in [1.82, 2.24) is 15.1 Å². The van der Waals surface area contributed by atoms with Gasteiger partial charge < -0.3 is 10.6 Å². The number of piperazine rings is 1. The first-order valence-corrected chi connectivity index (χ1v) is 9.65. The molecule has 1 saturated heterocycles. The average molecular weight is 391 g/mol. The molecule has 0 aromatic heterocycles. The van der Waals surface area contributed by atoms with Crippen LogP contribution in [0.5, 0.6) is 0 Å². The number of rotatable bonds is 9. The SMILES string of the molecule is CCCCNC(=O)CN1CCN(CC(=O)Nc2ccc(C)cc2[N+](=O)[O-])CC1. The monoisotopic (exact) mass is 391 g/mol. The molecule has 0 aliphatic carbocycles. The van der Waals surface area contributed by atoms with Crippen LogP contribution >= 0.6 is 0 Å². The van der Waals surface area contributed by atoms with Gasteiger partial charge in [0.25, 0.3) is 5.69 Å². The van der Waals surface area contributed by atoms with E-state index in [-0.39, 0.29) is 29.7 Å². The van der Waals surface area contributed by atoms with Gasteiger partial charge in [-0.2, -0.15) is 0 Å². The highest BCUT2D eigenvalue weighted by atomic mass is 16.6. The Hall–Kier alpha value is -2.52. The third-order valence-electron chi connectivity index (χ3n) is 4.68. The first kappa shape index (κ1) is 21.8. The number of anilines is 1. The number of benzene rings is 1. The zero-order valence-electron chi connectivity index (χ0n) is 16.6. The van der Waals surface area contributed by atoms with Gasteiger partial charge in [0, 0.05) is 38.8 Å². The predicted molar refractivity (Wildman–Crippen MR) is 107 cm³/mol. The zero-order chi connectivity index (χ0) is 20.5. The Bertz CT molecular complexity index is 702. The van der Waals surface area contributed by atoms with Crippen LogP contribution in [0.3, 0.4) is 0 Å². The third kappa shape index (κ3) is 6.90. The van der Waals surface area contributed by atoms with Crippen molar-refractivity contribution in [2.24, 2.45) is 0 Å². The summed E-state index contributed by atoms with van der Waals surface area (Å²) in [6.07, 6.45) is 2.03. The number of nitro benzene ring substituents is 1. The highest BCUT2D eigenvalue weighted by molar-refractivity contribution is 5.94. The molecule has 154 valence electrons. The smallest absolute Gasteiger partial charge is 0.293 e. The number of carbonyl (C=O) groups is 2. The normalized spacial score (nSPS) is 15.2. The van der Waals surface area contributed by atoms with E-state index >= 15 is 0 Å². The molecule has 0 radical (unpaired) electrons. The number of hydrogen-bond acceptors (Lipinski definition) is 6. The highest BCUT2D eigenvalue weighted by Gasteiger charge is 2.22. The van der Waals surface area contributed by atoms with Gasteiger partial charge in [0.2, 0.25) is 11.8 Å². The first-order chi connectivity index (χ1) is 13.4. The lowest BCUT2D eigenvalue weighted by molar-refractivity contribution is -0.384. The Morgan fingerprint density at radius 3 is 2.29 bits per heavy atom. The van der Waals surface area contributed by atoms with Crippen LogP contribution in [0.15, 0.2) is 18.2 Å². The van der Waals surface area contributed by atoms with Crippen LogP contribution in [0.25, 0.3) is 0 Å². The van der Waals surface area contributed by atoms with Crippen molar-refractivity contribution in [2.45, 2.75) is 26.7 Å². The number of amides is 2. The van der Waals surface area contributed by atoms with E-state index in [4.69, 9.17) is 0 Å². The second-order valence-corrected chi connectivity index (χ2v) is 7.08. The molecule has 1 aliphatic heterocycles. The van der Waals surface area contributed by atoms with Crippen LogP contribution in [0.4, 0.5) is 11.4 Å². The number of nitro groups is 1. The van der Waals surface area contributed by atoms with Crippen molar-refractivity contribution in [1.29, 1.82) is 0 Å². The molecule has 9 nitrogen and oxygen atoms in total. The zero-order valence-corrected chi connectivity index (χ0v) is 16.6. The van der Waals surface area contributed by atoms with E-state index in [1.165, 1.54) is 6.07 Å². The Morgan fingerprint density at radius 2 is 1.71 bits per heavy atom. The average Bonchev–Trinajstić information content (AvgIpc) is 2.65. The van der Waals surface area contributed by atoms with E-state index in [9.17, 15) is 19.7 Å². The molecule has 1 aromatic carbocycles. The van der Waals surface area contributed by atoms with Gasteiger partial charge in [-0.05, 0) is 25.0 Å². The van der Waals surface area contributed by atoms with Crippen molar-refractivity contribution >= 4 is 23.2 Å². The van der Waals surface area contributed by atoms with Crippen LogP contribution in [0, 0.1) is 17.0 Å². The maximum absolute atomic E-state index is 12.3. The van der Waals surface area contributed by atoms with Crippen LogP contribution in [0.1, 0.15) is 25.3 Å². The topological polar surface area (TPSA) is 108 Å². The van der Waals surface area contributed by atoms with E-state index in [2.05, 4.69) is 22.5 Å². The number of unbranched alkanes of at least 4 members (excludes halogenated alkanes) is 1. The third-order valence-corrected chi connectivity index (χ3v) is 4.68. The highest BCUT2D eigenvalue weighted by Crippen LogP contribution is 2.25. The van der Waals surface area contributed by atoms with E-state index in [1.807, 2.05) is 4.90 Å². The molecule has 2 rings (SSSR count). The number of nitrogens with one attached hydrogen (secondary N) is 2. The maximum Gasteiger partial charge on any atom is 0.293 e. The summed E-state index contributed by atoms with van der Waals surface area (Å²) >= 11 is 0. The summed E-state index contributed by atoms with van der Waals surface area (Å²) in [6, 6.07) is 4.73. The van der Waals surface area contributed by atoms with Crippen LogP contribution < -0.4 is 10.6 Å². The second-order valence-electron chi connectivity index (χ2n) is 7.08. The summed E-state index contributed by atoms with van der Waals surface area (Å²) in [5, 5.41) is 16.7. The molecule has 1 aromatic rings. The van der Waals surface area contributed by atoms with Gasteiger partial charge in [-0.3, -0.25) is 29.5 Å². The fraction of sp³-hybridized carbons (Fsp3) is 0.579. The van der Waals surface area contributed by atoms with Crippen molar-refractivity contribution < 1.29 is 14.5 Å². The molecule has 9 heteroatoms. The van der Waals surface area contributed by atoms with Gasteiger partial charge in [0.05, 0.1) is 18.0 Å². The first-order valence-electron chi connectivity index (χ1n) is 9.65. The Morgan fingerprint density at radius 1 is 1.11 bits per heavy atom. The molecule has 2 N–H and O–H groups in total. The van der Waals surface area contributed by atoms with E-state index in [0.717, 1.165) is 18.4 Å². The predicted octanol–water partition coefficient (Wildman–Crippen LogP) is 1.38. The minimum atomic E-state index is -0.493. The van der Waals surface area contributed by atoms with Gasteiger partial charge in [0.15, 0.2) is 0 Å². The second kappa shape index (κ2) is 10.7. The molecule has 2 amide bonds. The van der Waals surface area contributed by atoms with Gasteiger partial charge in [-0.15, -0.1) is 0 Å². The molecule has 28 heavy (non-hydrogen) atoms. The molecular weight excluding hydrogens is 362 g/mol. The van der Waals surface area contributed by atoms with Crippen molar-refractivity contribution in [2.75, 3.05) is 51.1 Å². The minimum Gasteiger partial charge on any atom is -0.355 e. The lowest BCUT2D eigenvalue weighted by atomic mass is 10.2. The van der Waals surface area contributed by atoms with Crippen LogP contribution in [-0.2, 0) is 9.59 Å². The number of aryl methyl sites for hydroxylation is 1. The lowest BCUT2D eigenvalue weighted by Gasteiger charge is -2.33. The molecule has 1 aliphatic rings. The fourth-order valence-electron chi connectivity index (χ4n) is 3.06. The van der Waals surface area contributed by atoms with E-state index in [1.54, 1.807) is 19.1 Å². The standard InChI is InChI=1S/C19H29N5O4/c1-3-4-7-20-18(25)13-22-8-10-23(11-9-22)14-19(26)21-16-6-5-15(2)12-17(16)24(27)28/h5-6,12H,3-4,7-11,13-14H2,1-2H3,(H,20,25)(H,21,26). The maximum atomic E-state index is 12.3. The lowest BCUT2D eigenvalue weighted by Crippen LogP contribution is -2.51. The van der Waals surface area contributed by atoms with Crippen molar-refractivity contribution in [3.05, 3.63) is 33.9 Å². The summed E-state index contributed by atoms with van der Waals surface area (Å²) in [5.41, 5.74) is 0.870. The molecule has 0 bridgehead atoms. The fourth-order valence-corrected chi connectivity index (χ4v) is 3.06. The Labute approximate surface area is 165 Å². The molecule has 1 fully saturated rings. The Kier molecular flexibility index (Phi) is 8.34. The van der Waals surface area contributed by atoms with Crippen LogP contribution in [0.2, 0.25) is 0 Å². The van der Waals surface area contributed by atoms with Gasteiger partial charge in [-0.25, -0.2) is 0 Å².